The second kappa shape index (κ2) is 3.96. The first kappa shape index (κ1) is 9.93. The number of halogens is 1. The minimum atomic E-state index is 0.876. The molecule has 1 aromatic carbocycles. The quantitative estimate of drug-likeness (QED) is 0.674. The highest BCUT2D eigenvalue weighted by molar-refractivity contribution is 9.10. The van der Waals surface area contributed by atoms with E-state index >= 15 is 0 Å². The molecule has 0 aliphatic carbocycles. The maximum absolute atomic E-state index is 4.42. The Kier molecular flexibility index (Phi) is 2.46. The molecule has 0 atom stereocenters. The van der Waals surface area contributed by atoms with Gasteiger partial charge in [0.05, 0.1) is 5.52 Å². The lowest BCUT2D eigenvalue weighted by atomic mass is 10.2. The van der Waals surface area contributed by atoms with Crippen molar-refractivity contribution in [2.75, 3.05) is 0 Å². The average molecular weight is 291 g/mol. The number of thiazole rings is 1. The van der Waals surface area contributed by atoms with Crippen LogP contribution in [0.2, 0.25) is 0 Å². The van der Waals surface area contributed by atoms with Gasteiger partial charge >= 0.3 is 0 Å². The van der Waals surface area contributed by atoms with Crippen molar-refractivity contribution < 1.29 is 0 Å². The second-order valence-electron chi connectivity index (χ2n) is 3.39. The van der Waals surface area contributed by atoms with E-state index in [1.54, 1.807) is 11.3 Å². The van der Waals surface area contributed by atoms with Gasteiger partial charge in [0.1, 0.15) is 9.61 Å². The van der Waals surface area contributed by atoms with Crippen LogP contribution in [-0.4, -0.2) is 9.97 Å². The summed E-state index contributed by atoms with van der Waals surface area (Å²) in [5.41, 5.74) is 2.08. The third-order valence-corrected chi connectivity index (χ3v) is 3.91. The van der Waals surface area contributed by atoms with Crippen LogP contribution in [0.5, 0.6) is 0 Å². The van der Waals surface area contributed by atoms with Crippen LogP contribution in [0.1, 0.15) is 0 Å². The van der Waals surface area contributed by atoms with Crippen LogP contribution >= 0.6 is 27.3 Å². The van der Waals surface area contributed by atoms with Crippen LogP contribution < -0.4 is 0 Å². The highest BCUT2D eigenvalue weighted by atomic mass is 79.9. The first-order valence-corrected chi connectivity index (χ1v) is 6.46. The maximum atomic E-state index is 4.42. The zero-order valence-electron chi connectivity index (χ0n) is 8.22. The maximum Gasteiger partial charge on any atom is 0.126 e. The molecule has 2 aromatic heterocycles. The first-order chi connectivity index (χ1) is 7.83. The van der Waals surface area contributed by atoms with E-state index in [9.17, 15) is 0 Å². The summed E-state index contributed by atoms with van der Waals surface area (Å²) in [6.07, 6.45) is 1.87. The van der Waals surface area contributed by atoms with Crippen LogP contribution in [-0.2, 0) is 0 Å². The molecular weight excluding hydrogens is 284 g/mol. The number of nitrogens with zero attached hydrogens (tertiary/aromatic N) is 2. The van der Waals surface area contributed by atoms with E-state index in [-0.39, 0.29) is 0 Å². The van der Waals surface area contributed by atoms with Crippen molar-refractivity contribution in [2.24, 2.45) is 0 Å². The second-order valence-corrected chi connectivity index (χ2v) is 5.06. The van der Waals surface area contributed by atoms with Gasteiger partial charge in [0.25, 0.3) is 0 Å². The third-order valence-electron chi connectivity index (χ3n) is 2.31. The van der Waals surface area contributed by atoms with E-state index < -0.39 is 0 Å². The lowest BCUT2D eigenvalue weighted by Gasteiger charge is -1.99. The van der Waals surface area contributed by atoms with E-state index in [4.69, 9.17) is 0 Å². The number of aromatic nitrogens is 2. The van der Waals surface area contributed by atoms with E-state index in [1.807, 2.05) is 29.8 Å². The molecule has 0 aliphatic heterocycles. The number of hydrogen-bond acceptors (Lipinski definition) is 3. The fraction of sp³-hybridized carbons (Fsp3) is 0. The summed E-state index contributed by atoms with van der Waals surface area (Å²) < 4.78 is 0.876. The number of para-hydroxylation sites is 1. The van der Waals surface area contributed by atoms with E-state index in [2.05, 4.69) is 38.0 Å². The molecule has 0 unspecified atom stereocenters. The van der Waals surface area contributed by atoms with Gasteiger partial charge in [-0.05, 0) is 28.1 Å². The molecule has 0 aliphatic rings. The zero-order chi connectivity index (χ0) is 11.0. The minimum Gasteiger partial charge on any atom is -0.256 e. The number of fused-ring (bicyclic) bond motifs is 1. The Bertz CT molecular complexity index is 648. The molecule has 2 heterocycles. The van der Waals surface area contributed by atoms with Crippen molar-refractivity contribution >= 4 is 38.2 Å². The molecule has 0 saturated heterocycles. The Labute approximate surface area is 105 Å². The number of pyridine rings is 1. The largest absolute Gasteiger partial charge is 0.256 e. The third kappa shape index (κ3) is 1.74. The number of rotatable bonds is 1. The van der Waals surface area contributed by atoms with Gasteiger partial charge in [-0.2, -0.15) is 0 Å². The normalized spacial score (nSPS) is 10.8. The topological polar surface area (TPSA) is 25.8 Å². The van der Waals surface area contributed by atoms with Crippen LogP contribution in [0, 0.1) is 0 Å². The van der Waals surface area contributed by atoms with Crippen LogP contribution in [0.15, 0.2) is 46.5 Å². The predicted octanol–water partition coefficient (Wildman–Crippen LogP) is 4.12. The SMILES string of the molecule is Brc1csc(-c2cnc3ccccc3c2)n1. The van der Waals surface area contributed by atoms with Gasteiger partial charge in [-0.3, -0.25) is 4.98 Å². The molecule has 2 nitrogen and oxygen atoms in total. The Morgan fingerprint density at radius 1 is 1.19 bits per heavy atom. The molecule has 0 saturated carbocycles. The van der Waals surface area contributed by atoms with Gasteiger partial charge in [-0.25, -0.2) is 4.98 Å². The Hall–Kier alpha value is -1.26. The molecular formula is C12H7BrN2S. The molecule has 4 heteroatoms. The molecule has 0 N–H and O–H groups in total. The summed E-state index contributed by atoms with van der Waals surface area (Å²) in [5, 5.41) is 4.11. The van der Waals surface area contributed by atoms with Gasteiger partial charge < -0.3 is 0 Å². The van der Waals surface area contributed by atoms with Crippen LogP contribution in [0.25, 0.3) is 21.5 Å². The van der Waals surface area contributed by atoms with Gasteiger partial charge in [-0.15, -0.1) is 11.3 Å². The zero-order valence-corrected chi connectivity index (χ0v) is 10.6. The smallest absolute Gasteiger partial charge is 0.126 e. The van der Waals surface area contributed by atoms with Crippen molar-refractivity contribution in [3.63, 3.8) is 0 Å². The molecule has 0 spiro atoms. The van der Waals surface area contributed by atoms with Crippen molar-refractivity contribution in [3.05, 3.63) is 46.5 Å². The Morgan fingerprint density at radius 2 is 2.06 bits per heavy atom. The summed E-state index contributed by atoms with van der Waals surface area (Å²) in [6, 6.07) is 10.2. The highest BCUT2D eigenvalue weighted by Crippen LogP contribution is 2.27. The van der Waals surface area contributed by atoms with Crippen molar-refractivity contribution in [3.8, 4) is 10.6 Å². The van der Waals surface area contributed by atoms with Gasteiger partial charge in [0.2, 0.25) is 0 Å². The fourth-order valence-corrected chi connectivity index (χ4v) is 2.81. The number of benzene rings is 1. The van der Waals surface area contributed by atoms with Crippen molar-refractivity contribution in [1.82, 2.24) is 9.97 Å². The van der Waals surface area contributed by atoms with Gasteiger partial charge in [-0.1, -0.05) is 18.2 Å². The van der Waals surface area contributed by atoms with Crippen LogP contribution in [0.4, 0.5) is 0 Å². The molecule has 0 fully saturated rings. The number of hydrogen-bond donors (Lipinski definition) is 0. The molecule has 16 heavy (non-hydrogen) atoms. The summed E-state index contributed by atoms with van der Waals surface area (Å²) in [5.74, 6) is 0. The van der Waals surface area contributed by atoms with E-state index in [0.717, 1.165) is 26.1 Å². The Balaban J connectivity index is 2.18. The lowest BCUT2D eigenvalue weighted by Crippen LogP contribution is -1.81. The molecule has 0 bridgehead atoms. The predicted molar refractivity (Wildman–Crippen MR) is 70.6 cm³/mol. The monoisotopic (exact) mass is 290 g/mol. The summed E-state index contributed by atoms with van der Waals surface area (Å²) in [4.78, 5) is 8.80. The summed E-state index contributed by atoms with van der Waals surface area (Å²) >= 11 is 4.97. The van der Waals surface area contributed by atoms with Crippen molar-refractivity contribution in [1.29, 1.82) is 0 Å². The van der Waals surface area contributed by atoms with Crippen LogP contribution in [0.3, 0.4) is 0 Å². The van der Waals surface area contributed by atoms with Gasteiger partial charge in [0, 0.05) is 22.5 Å². The molecule has 78 valence electrons. The molecule has 3 aromatic rings. The average Bonchev–Trinajstić information content (AvgIpc) is 2.75. The van der Waals surface area contributed by atoms with E-state index in [1.165, 1.54) is 0 Å². The van der Waals surface area contributed by atoms with E-state index in [0.29, 0.717) is 0 Å². The first-order valence-electron chi connectivity index (χ1n) is 4.79. The fourth-order valence-electron chi connectivity index (χ4n) is 1.57. The Morgan fingerprint density at radius 3 is 2.88 bits per heavy atom. The summed E-state index contributed by atoms with van der Waals surface area (Å²) in [6.45, 7) is 0. The van der Waals surface area contributed by atoms with Gasteiger partial charge in [0.15, 0.2) is 0 Å². The summed E-state index contributed by atoms with van der Waals surface area (Å²) in [7, 11) is 0. The highest BCUT2D eigenvalue weighted by Gasteiger charge is 2.04. The molecule has 0 radical (unpaired) electrons. The van der Waals surface area contributed by atoms with Crippen molar-refractivity contribution in [2.45, 2.75) is 0 Å². The minimum absolute atomic E-state index is 0.876. The molecule has 3 rings (SSSR count). The standard InChI is InChI=1S/C12H7BrN2S/c13-11-7-16-12(15-11)9-5-8-3-1-2-4-10(8)14-6-9/h1-7H. The lowest BCUT2D eigenvalue weighted by molar-refractivity contribution is 1.34. The molecule has 0 amide bonds.